The standard InChI is InChI=1S/C6H15N3S/c1-5(2)3-10-4-9-6(7)8/h5H,3-4H2,1-2H3,(H4,7,8,9). The molecular weight excluding hydrogens is 146 g/mol. The maximum Gasteiger partial charge on any atom is 0.186 e. The summed E-state index contributed by atoms with van der Waals surface area (Å²) < 4.78 is 0. The molecule has 0 radical (unpaired) electrons. The van der Waals surface area contributed by atoms with Crippen LogP contribution in [-0.4, -0.2) is 17.6 Å². The lowest BCUT2D eigenvalue weighted by Crippen LogP contribution is -2.22. The SMILES string of the molecule is CC(C)CSCN=C(N)N. The topological polar surface area (TPSA) is 64.4 Å². The molecule has 4 heteroatoms. The fourth-order valence-corrected chi connectivity index (χ4v) is 1.23. The van der Waals surface area contributed by atoms with Gasteiger partial charge in [-0.25, -0.2) is 4.99 Å². The number of guanidine groups is 1. The van der Waals surface area contributed by atoms with Crippen LogP contribution < -0.4 is 11.5 Å². The number of thioether (sulfide) groups is 1. The van der Waals surface area contributed by atoms with E-state index in [9.17, 15) is 0 Å². The predicted molar refractivity (Wildman–Crippen MR) is 48.0 cm³/mol. The number of nitrogens with zero attached hydrogens (tertiary/aromatic N) is 1. The van der Waals surface area contributed by atoms with E-state index in [4.69, 9.17) is 11.5 Å². The highest BCUT2D eigenvalue weighted by molar-refractivity contribution is 7.99. The van der Waals surface area contributed by atoms with Gasteiger partial charge in [-0.05, 0) is 11.7 Å². The Labute approximate surface area is 66.3 Å². The first-order valence-electron chi connectivity index (χ1n) is 3.26. The van der Waals surface area contributed by atoms with Gasteiger partial charge in [-0.15, -0.1) is 11.8 Å². The van der Waals surface area contributed by atoms with Gasteiger partial charge < -0.3 is 11.5 Å². The number of nitrogens with two attached hydrogens (primary N) is 2. The Hall–Kier alpha value is -0.380. The normalized spacial score (nSPS) is 9.90. The lowest BCUT2D eigenvalue weighted by molar-refractivity contribution is 0.750. The van der Waals surface area contributed by atoms with Crippen LogP contribution in [0.1, 0.15) is 13.8 Å². The van der Waals surface area contributed by atoms with Crippen LogP contribution in [0.3, 0.4) is 0 Å². The molecule has 0 aliphatic rings. The quantitative estimate of drug-likeness (QED) is 0.360. The van der Waals surface area contributed by atoms with Crippen LogP contribution in [0.2, 0.25) is 0 Å². The molecule has 0 atom stereocenters. The molecule has 0 amide bonds. The number of rotatable bonds is 4. The van der Waals surface area contributed by atoms with Crippen molar-refractivity contribution in [3.8, 4) is 0 Å². The molecule has 0 bridgehead atoms. The molecule has 0 aromatic heterocycles. The summed E-state index contributed by atoms with van der Waals surface area (Å²) in [6.45, 7) is 4.34. The zero-order valence-electron chi connectivity index (χ0n) is 6.50. The van der Waals surface area contributed by atoms with Gasteiger partial charge in [-0.2, -0.15) is 0 Å². The van der Waals surface area contributed by atoms with E-state index in [2.05, 4.69) is 18.8 Å². The molecule has 3 nitrogen and oxygen atoms in total. The van der Waals surface area contributed by atoms with E-state index in [1.807, 2.05) is 0 Å². The monoisotopic (exact) mass is 161 g/mol. The summed E-state index contributed by atoms with van der Waals surface area (Å²) in [5.74, 6) is 2.67. The van der Waals surface area contributed by atoms with Gasteiger partial charge in [0.2, 0.25) is 0 Å². The third kappa shape index (κ3) is 7.62. The highest BCUT2D eigenvalue weighted by atomic mass is 32.2. The average molecular weight is 161 g/mol. The van der Waals surface area contributed by atoms with Crippen molar-refractivity contribution in [1.82, 2.24) is 0 Å². The molecule has 0 unspecified atom stereocenters. The van der Waals surface area contributed by atoms with Gasteiger partial charge in [0.15, 0.2) is 5.96 Å². The average Bonchev–Trinajstić information content (AvgIpc) is 1.79. The van der Waals surface area contributed by atoms with E-state index in [0.29, 0.717) is 11.8 Å². The third-order valence-electron chi connectivity index (χ3n) is 0.790. The van der Waals surface area contributed by atoms with Gasteiger partial charge in [0.05, 0.1) is 5.88 Å². The van der Waals surface area contributed by atoms with Crippen molar-refractivity contribution in [2.24, 2.45) is 22.4 Å². The van der Waals surface area contributed by atoms with Gasteiger partial charge in [0.1, 0.15) is 0 Å². The van der Waals surface area contributed by atoms with Gasteiger partial charge >= 0.3 is 0 Å². The van der Waals surface area contributed by atoms with Crippen LogP contribution in [0.25, 0.3) is 0 Å². The van der Waals surface area contributed by atoms with Crippen LogP contribution in [0, 0.1) is 5.92 Å². The first-order valence-corrected chi connectivity index (χ1v) is 4.41. The van der Waals surface area contributed by atoms with E-state index < -0.39 is 0 Å². The Bertz CT molecular complexity index is 108. The molecular formula is C6H15N3S. The minimum absolute atomic E-state index is 0.177. The molecule has 10 heavy (non-hydrogen) atoms. The Morgan fingerprint density at radius 2 is 2.10 bits per heavy atom. The lowest BCUT2D eigenvalue weighted by atomic mass is 10.3. The molecule has 60 valence electrons. The van der Waals surface area contributed by atoms with Crippen LogP contribution >= 0.6 is 11.8 Å². The van der Waals surface area contributed by atoms with E-state index >= 15 is 0 Å². The molecule has 0 saturated carbocycles. The zero-order chi connectivity index (χ0) is 7.98. The van der Waals surface area contributed by atoms with Gasteiger partial charge in [-0.3, -0.25) is 0 Å². The van der Waals surface area contributed by atoms with Crippen LogP contribution in [0.15, 0.2) is 4.99 Å². The summed E-state index contributed by atoms with van der Waals surface area (Å²) >= 11 is 1.74. The molecule has 0 fully saturated rings. The summed E-state index contributed by atoms with van der Waals surface area (Å²) in [7, 11) is 0. The molecule has 0 aliphatic heterocycles. The second-order valence-electron chi connectivity index (χ2n) is 2.48. The Balaban J connectivity index is 3.13. The van der Waals surface area contributed by atoms with Crippen molar-refractivity contribution >= 4 is 17.7 Å². The second-order valence-corrected chi connectivity index (χ2v) is 3.48. The first kappa shape index (κ1) is 9.62. The summed E-state index contributed by atoms with van der Waals surface area (Å²) in [5, 5.41) is 0. The van der Waals surface area contributed by atoms with E-state index in [0.717, 1.165) is 5.75 Å². The van der Waals surface area contributed by atoms with Crippen molar-refractivity contribution < 1.29 is 0 Å². The maximum atomic E-state index is 5.12. The van der Waals surface area contributed by atoms with Crippen molar-refractivity contribution in [2.75, 3.05) is 11.6 Å². The smallest absolute Gasteiger partial charge is 0.186 e. The fraction of sp³-hybridized carbons (Fsp3) is 0.833. The number of hydrogen-bond acceptors (Lipinski definition) is 2. The minimum Gasteiger partial charge on any atom is -0.370 e. The largest absolute Gasteiger partial charge is 0.370 e. The summed E-state index contributed by atoms with van der Waals surface area (Å²) in [6, 6.07) is 0. The van der Waals surface area contributed by atoms with Crippen molar-refractivity contribution in [3.05, 3.63) is 0 Å². The van der Waals surface area contributed by atoms with Crippen molar-refractivity contribution in [3.63, 3.8) is 0 Å². The van der Waals surface area contributed by atoms with E-state index in [-0.39, 0.29) is 5.96 Å². The first-order chi connectivity index (χ1) is 4.63. The Morgan fingerprint density at radius 1 is 1.50 bits per heavy atom. The molecule has 0 aliphatic carbocycles. The van der Waals surface area contributed by atoms with E-state index in [1.165, 1.54) is 0 Å². The zero-order valence-corrected chi connectivity index (χ0v) is 7.32. The van der Waals surface area contributed by atoms with Gasteiger partial charge in [-0.1, -0.05) is 13.8 Å². The molecule has 0 rings (SSSR count). The van der Waals surface area contributed by atoms with E-state index in [1.54, 1.807) is 11.8 Å². The van der Waals surface area contributed by atoms with Crippen molar-refractivity contribution in [2.45, 2.75) is 13.8 Å². The lowest BCUT2D eigenvalue weighted by Gasteiger charge is -2.00. The third-order valence-corrected chi connectivity index (χ3v) is 2.00. The predicted octanol–water partition coefficient (Wildman–Crippen LogP) is 0.607. The number of hydrogen-bond donors (Lipinski definition) is 2. The summed E-state index contributed by atoms with van der Waals surface area (Å²) in [5.41, 5.74) is 10.2. The highest BCUT2D eigenvalue weighted by Gasteiger charge is 1.91. The minimum atomic E-state index is 0.177. The molecule has 0 saturated heterocycles. The van der Waals surface area contributed by atoms with Crippen LogP contribution in [0.5, 0.6) is 0 Å². The maximum absolute atomic E-state index is 5.12. The van der Waals surface area contributed by atoms with Crippen LogP contribution in [0.4, 0.5) is 0 Å². The Morgan fingerprint density at radius 3 is 2.50 bits per heavy atom. The van der Waals surface area contributed by atoms with Crippen molar-refractivity contribution in [1.29, 1.82) is 0 Å². The summed E-state index contributed by atoms with van der Waals surface area (Å²) in [6.07, 6.45) is 0. The van der Waals surface area contributed by atoms with Gasteiger partial charge in [0, 0.05) is 0 Å². The molecule has 0 aromatic carbocycles. The molecule has 0 heterocycles. The van der Waals surface area contributed by atoms with Crippen LogP contribution in [-0.2, 0) is 0 Å². The molecule has 0 spiro atoms. The number of aliphatic imine (C=N–C) groups is 1. The van der Waals surface area contributed by atoms with Gasteiger partial charge in [0.25, 0.3) is 0 Å². The Kier molecular flexibility index (Phi) is 5.20. The highest BCUT2D eigenvalue weighted by Crippen LogP contribution is 2.06. The summed E-state index contributed by atoms with van der Waals surface area (Å²) in [4.78, 5) is 3.83. The molecule has 4 N–H and O–H groups in total. The molecule has 0 aromatic rings. The fourth-order valence-electron chi connectivity index (χ4n) is 0.409. The second kappa shape index (κ2) is 5.41.